The van der Waals surface area contributed by atoms with Crippen LogP contribution in [0.5, 0.6) is 5.88 Å². The average Bonchev–Trinajstić information content (AvgIpc) is 2.69. The molecule has 1 aromatic carbocycles. The van der Waals surface area contributed by atoms with Gasteiger partial charge < -0.3 is 15.4 Å². The number of rotatable bonds is 4. The summed E-state index contributed by atoms with van der Waals surface area (Å²) < 4.78 is 5.91. The zero-order valence-electron chi connectivity index (χ0n) is 14.4. The molecule has 0 amide bonds. The minimum atomic E-state index is -0.0173. The van der Waals surface area contributed by atoms with E-state index in [-0.39, 0.29) is 17.7 Å². The summed E-state index contributed by atoms with van der Waals surface area (Å²) in [5.41, 5.74) is 0.171. The van der Waals surface area contributed by atoms with Gasteiger partial charge in [-0.25, -0.2) is 9.97 Å². The summed E-state index contributed by atoms with van der Waals surface area (Å²) in [6.07, 6.45) is 5.14. The Morgan fingerprint density at radius 2 is 2.19 bits per heavy atom. The molecule has 3 heterocycles. The number of nitriles is 1. The number of fused-ring (bicyclic) bond motifs is 1. The second kappa shape index (κ2) is 7.74. The SMILES string of the molecule is N#Cc1ncc(Nc2cc3cccc(Cl)c3cn2)nc1OC1CCCNC1. The molecule has 2 N–H and O–H groups in total. The van der Waals surface area contributed by atoms with Gasteiger partial charge in [-0.1, -0.05) is 23.7 Å². The zero-order valence-corrected chi connectivity index (χ0v) is 15.2. The van der Waals surface area contributed by atoms with Crippen LogP contribution >= 0.6 is 11.6 Å². The number of anilines is 2. The van der Waals surface area contributed by atoms with Crippen molar-refractivity contribution in [2.24, 2.45) is 0 Å². The summed E-state index contributed by atoms with van der Waals surface area (Å²) in [6, 6.07) is 9.59. The first-order chi connectivity index (χ1) is 13.2. The van der Waals surface area contributed by atoms with E-state index in [4.69, 9.17) is 16.3 Å². The van der Waals surface area contributed by atoms with E-state index in [1.54, 1.807) is 6.20 Å². The molecule has 1 unspecified atom stereocenters. The van der Waals surface area contributed by atoms with Crippen molar-refractivity contribution in [1.82, 2.24) is 20.3 Å². The van der Waals surface area contributed by atoms with Gasteiger partial charge in [-0.15, -0.1) is 0 Å². The molecule has 3 aromatic rings. The van der Waals surface area contributed by atoms with Crippen molar-refractivity contribution in [3.05, 3.63) is 47.4 Å². The maximum absolute atomic E-state index is 9.28. The fraction of sp³-hybridized carbons (Fsp3) is 0.263. The number of nitrogens with one attached hydrogen (secondary N) is 2. The van der Waals surface area contributed by atoms with Crippen LogP contribution in [-0.4, -0.2) is 34.1 Å². The van der Waals surface area contributed by atoms with Gasteiger partial charge in [0, 0.05) is 23.2 Å². The number of benzene rings is 1. The topological polar surface area (TPSA) is 95.8 Å². The largest absolute Gasteiger partial charge is 0.471 e. The van der Waals surface area contributed by atoms with E-state index in [9.17, 15) is 5.26 Å². The van der Waals surface area contributed by atoms with Crippen LogP contribution in [0.4, 0.5) is 11.6 Å². The van der Waals surface area contributed by atoms with Crippen LogP contribution in [0.15, 0.2) is 36.7 Å². The molecule has 0 bridgehead atoms. The number of halogens is 1. The van der Waals surface area contributed by atoms with Crippen LogP contribution in [0.3, 0.4) is 0 Å². The second-order valence-corrected chi connectivity index (χ2v) is 6.67. The van der Waals surface area contributed by atoms with Crippen molar-refractivity contribution in [2.75, 3.05) is 18.4 Å². The highest BCUT2D eigenvalue weighted by molar-refractivity contribution is 6.35. The van der Waals surface area contributed by atoms with Gasteiger partial charge in [-0.05, 0) is 36.9 Å². The predicted molar refractivity (Wildman–Crippen MR) is 103 cm³/mol. The Balaban J connectivity index is 1.58. The lowest BCUT2D eigenvalue weighted by Crippen LogP contribution is -2.37. The summed E-state index contributed by atoms with van der Waals surface area (Å²) in [5, 5.41) is 18.2. The van der Waals surface area contributed by atoms with E-state index >= 15 is 0 Å². The van der Waals surface area contributed by atoms with Crippen molar-refractivity contribution < 1.29 is 4.74 Å². The van der Waals surface area contributed by atoms with Gasteiger partial charge in [0.25, 0.3) is 5.88 Å². The Hall–Kier alpha value is -2.95. The molecular weight excluding hydrogens is 364 g/mol. The summed E-state index contributed by atoms with van der Waals surface area (Å²) in [7, 11) is 0. The number of aromatic nitrogens is 3. The quantitative estimate of drug-likeness (QED) is 0.715. The monoisotopic (exact) mass is 380 g/mol. The molecule has 1 aliphatic rings. The molecule has 1 aliphatic heterocycles. The fourth-order valence-electron chi connectivity index (χ4n) is 3.00. The molecule has 7 nitrogen and oxygen atoms in total. The zero-order chi connectivity index (χ0) is 18.6. The molecule has 0 spiro atoms. The first-order valence-electron chi connectivity index (χ1n) is 8.69. The summed E-state index contributed by atoms with van der Waals surface area (Å²) in [6.45, 7) is 1.72. The lowest BCUT2D eigenvalue weighted by Gasteiger charge is -2.23. The van der Waals surface area contributed by atoms with Crippen molar-refractivity contribution in [2.45, 2.75) is 18.9 Å². The molecule has 1 atom stereocenters. The molecule has 0 saturated carbocycles. The second-order valence-electron chi connectivity index (χ2n) is 6.26. The van der Waals surface area contributed by atoms with Crippen LogP contribution in [0, 0.1) is 11.3 Å². The molecule has 0 radical (unpaired) electrons. The van der Waals surface area contributed by atoms with E-state index < -0.39 is 0 Å². The standard InChI is InChI=1S/C19H17ClN6O/c20-15-5-1-3-12-7-17(24-10-14(12)15)25-18-11-23-16(8-21)19(26-18)27-13-4-2-6-22-9-13/h1,3,5,7,10-11,13,22H,2,4,6,9H2,(H,24,25,26). The highest BCUT2D eigenvalue weighted by Gasteiger charge is 2.18. The molecule has 1 fully saturated rings. The molecule has 4 rings (SSSR count). The van der Waals surface area contributed by atoms with Crippen LogP contribution in [-0.2, 0) is 0 Å². The normalized spacial score (nSPS) is 16.7. The van der Waals surface area contributed by atoms with Crippen molar-refractivity contribution >= 4 is 34.0 Å². The number of ether oxygens (including phenoxy) is 1. The third-order valence-electron chi connectivity index (χ3n) is 4.34. The Labute approximate surface area is 161 Å². The number of piperidine rings is 1. The lowest BCUT2D eigenvalue weighted by atomic mass is 10.1. The van der Waals surface area contributed by atoms with E-state index in [0.717, 1.165) is 36.7 Å². The Kier molecular flexibility index (Phi) is 5.01. The fourth-order valence-corrected chi connectivity index (χ4v) is 3.23. The van der Waals surface area contributed by atoms with Gasteiger partial charge >= 0.3 is 0 Å². The minimum Gasteiger partial charge on any atom is -0.471 e. The number of hydrogen-bond donors (Lipinski definition) is 2. The summed E-state index contributed by atoms with van der Waals surface area (Å²) in [5.74, 6) is 1.30. The third-order valence-corrected chi connectivity index (χ3v) is 4.67. The predicted octanol–water partition coefficient (Wildman–Crippen LogP) is 3.42. The Bertz CT molecular complexity index is 1010. The molecule has 27 heavy (non-hydrogen) atoms. The molecular formula is C19H17ClN6O. The van der Waals surface area contributed by atoms with Gasteiger partial charge in [-0.2, -0.15) is 10.2 Å². The van der Waals surface area contributed by atoms with E-state index in [2.05, 4.69) is 25.6 Å². The van der Waals surface area contributed by atoms with E-state index in [1.165, 1.54) is 6.20 Å². The Morgan fingerprint density at radius 3 is 3.00 bits per heavy atom. The minimum absolute atomic E-state index is 0.0173. The van der Waals surface area contributed by atoms with Gasteiger partial charge in [-0.3, -0.25) is 0 Å². The van der Waals surface area contributed by atoms with Crippen LogP contribution in [0.2, 0.25) is 5.02 Å². The summed E-state index contributed by atoms with van der Waals surface area (Å²) >= 11 is 6.18. The first kappa shape index (κ1) is 17.5. The van der Waals surface area contributed by atoms with Crippen molar-refractivity contribution in [3.63, 3.8) is 0 Å². The van der Waals surface area contributed by atoms with E-state index in [0.29, 0.717) is 16.7 Å². The smallest absolute Gasteiger partial charge is 0.253 e. The van der Waals surface area contributed by atoms with Crippen molar-refractivity contribution in [1.29, 1.82) is 5.26 Å². The van der Waals surface area contributed by atoms with Crippen LogP contribution < -0.4 is 15.4 Å². The van der Waals surface area contributed by atoms with Crippen LogP contribution in [0.1, 0.15) is 18.5 Å². The lowest BCUT2D eigenvalue weighted by molar-refractivity contribution is 0.159. The average molecular weight is 381 g/mol. The maximum Gasteiger partial charge on any atom is 0.253 e. The maximum atomic E-state index is 9.28. The highest BCUT2D eigenvalue weighted by atomic mass is 35.5. The molecule has 1 saturated heterocycles. The Morgan fingerprint density at radius 1 is 1.26 bits per heavy atom. The van der Waals surface area contributed by atoms with Gasteiger partial charge in [0.05, 0.1) is 6.20 Å². The summed E-state index contributed by atoms with van der Waals surface area (Å²) in [4.78, 5) is 12.9. The highest BCUT2D eigenvalue weighted by Crippen LogP contribution is 2.26. The number of hydrogen-bond acceptors (Lipinski definition) is 7. The van der Waals surface area contributed by atoms with Crippen LogP contribution in [0.25, 0.3) is 10.8 Å². The van der Waals surface area contributed by atoms with Gasteiger partial charge in [0.15, 0.2) is 5.82 Å². The molecule has 8 heteroatoms. The third kappa shape index (κ3) is 3.92. The van der Waals surface area contributed by atoms with Crippen molar-refractivity contribution in [3.8, 4) is 11.9 Å². The number of nitrogens with zero attached hydrogens (tertiary/aromatic N) is 4. The van der Waals surface area contributed by atoms with Gasteiger partial charge in [0.2, 0.25) is 5.69 Å². The van der Waals surface area contributed by atoms with Gasteiger partial charge in [0.1, 0.15) is 18.0 Å². The molecule has 0 aliphatic carbocycles. The number of pyridine rings is 1. The molecule has 136 valence electrons. The van der Waals surface area contributed by atoms with E-state index in [1.807, 2.05) is 30.3 Å². The molecule has 2 aromatic heterocycles. The first-order valence-corrected chi connectivity index (χ1v) is 9.06.